The van der Waals surface area contributed by atoms with Gasteiger partial charge < -0.3 is 4.90 Å². The van der Waals surface area contributed by atoms with Gasteiger partial charge in [0.15, 0.2) is 5.78 Å². The summed E-state index contributed by atoms with van der Waals surface area (Å²) in [6.45, 7) is 2.87. The van der Waals surface area contributed by atoms with Gasteiger partial charge in [0.05, 0.1) is 0 Å². The molecule has 4 heteroatoms. The van der Waals surface area contributed by atoms with Crippen LogP contribution in [0.5, 0.6) is 0 Å². The first kappa shape index (κ1) is 20.6. The van der Waals surface area contributed by atoms with Crippen molar-refractivity contribution in [1.29, 1.82) is 0 Å². The lowest BCUT2D eigenvalue weighted by molar-refractivity contribution is 0.0928. The molecule has 3 aliphatic rings. The number of ketones is 1. The average molecular weight is 453 g/mol. The lowest BCUT2D eigenvalue weighted by atomic mass is 9.95. The number of benzene rings is 3. The van der Waals surface area contributed by atoms with E-state index in [9.17, 15) is 4.79 Å². The Labute approximate surface area is 198 Å². The Hall–Kier alpha value is -2.95. The van der Waals surface area contributed by atoms with E-state index in [-0.39, 0.29) is 5.78 Å². The molecule has 0 unspecified atom stereocenters. The highest BCUT2D eigenvalue weighted by Crippen LogP contribution is 2.31. The van der Waals surface area contributed by atoms with Crippen LogP contribution >= 0.6 is 11.3 Å². The van der Waals surface area contributed by atoms with E-state index in [1.807, 2.05) is 17.5 Å². The van der Waals surface area contributed by atoms with Crippen LogP contribution in [-0.2, 0) is 0 Å². The first-order valence-corrected chi connectivity index (χ1v) is 12.8. The van der Waals surface area contributed by atoms with Crippen LogP contribution < -0.4 is 4.90 Å². The normalized spacial score (nSPS) is 20.9. The number of fused-ring (bicyclic) bond motifs is 6. The number of hydrogen-bond donors (Lipinski definition) is 0. The Bertz CT molecular complexity index is 1340. The molecule has 4 heterocycles. The second-order valence-electron chi connectivity index (χ2n) is 9.25. The number of nitrogens with zero attached hydrogens (tertiary/aromatic N) is 2. The Kier molecular flexibility index (Phi) is 5.49. The molecule has 1 fully saturated rings. The van der Waals surface area contributed by atoms with Gasteiger partial charge in [0.25, 0.3) is 0 Å². The van der Waals surface area contributed by atoms with Gasteiger partial charge in [0, 0.05) is 64.9 Å². The van der Waals surface area contributed by atoms with E-state index in [1.54, 1.807) is 11.3 Å². The molecule has 2 bridgehead atoms. The molecule has 3 aromatic carbocycles. The van der Waals surface area contributed by atoms with Gasteiger partial charge in [-0.15, -0.1) is 11.3 Å². The molecule has 3 aliphatic heterocycles. The smallest absolute Gasteiger partial charge is 0.165 e. The second-order valence-corrected chi connectivity index (χ2v) is 10.2. The lowest BCUT2D eigenvalue weighted by Crippen LogP contribution is -2.59. The highest BCUT2D eigenvalue weighted by atomic mass is 32.1. The molecule has 0 radical (unpaired) electrons. The molecule has 1 saturated heterocycles. The predicted molar refractivity (Wildman–Crippen MR) is 140 cm³/mol. The lowest BCUT2D eigenvalue weighted by Gasteiger charge is -2.48. The molecule has 2 atom stereocenters. The average Bonchev–Trinajstić information content (AvgIpc) is 3.27. The molecule has 1 aromatic heterocycles. The summed E-state index contributed by atoms with van der Waals surface area (Å²) in [7, 11) is 0. The Morgan fingerprint density at radius 3 is 2.58 bits per heavy atom. The molecule has 0 spiro atoms. The number of carbonyl (C=O) groups is 1. The van der Waals surface area contributed by atoms with Crippen LogP contribution in [0.1, 0.15) is 29.6 Å². The quantitative estimate of drug-likeness (QED) is 0.254. The van der Waals surface area contributed by atoms with Crippen molar-refractivity contribution < 1.29 is 4.79 Å². The first-order chi connectivity index (χ1) is 16.3. The molecule has 4 aromatic rings. The predicted octanol–water partition coefficient (Wildman–Crippen LogP) is 6.54. The van der Waals surface area contributed by atoms with Crippen LogP contribution in [0.4, 0.5) is 5.69 Å². The number of hydrogen-bond acceptors (Lipinski definition) is 4. The van der Waals surface area contributed by atoms with E-state index in [2.05, 4.69) is 76.5 Å². The molecule has 0 saturated carbocycles. The fraction of sp³-hybridized carbons (Fsp3) is 0.276. The van der Waals surface area contributed by atoms with Crippen molar-refractivity contribution in [2.24, 2.45) is 0 Å². The van der Waals surface area contributed by atoms with Crippen LogP contribution in [0.15, 0.2) is 84.3 Å². The minimum absolute atomic E-state index is 0.271. The van der Waals surface area contributed by atoms with Crippen molar-refractivity contribution in [1.82, 2.24) is 4.90 Å². The molecule has 0 amide bonds. The largest absolute Gasteiger partial charge is 0.365 e. The maximum Gasteiger partial charge on any atom is 0.165 e. The zero-order valence-corrected chi connectivity index (χ0v) is 19.5. The topological polar surface area (TPSA) is 23.6 Å². The third kappa shape index (κ3) is 3.98. The molecule has 0 aliphatic carbocycles. The highest BCUT2D eigenvalue weighted by molar-refractivity contribution is 7.17. The van der Waals surface area contributed by atoms with E-state index in [0.29, 0.717) is 18.5 Å². The molecule has 7 rings (SSSR count). The van der Waals surface area contributed by atoms with Crippen molar-refractivity contribution >= 4 is 43.7 Å². The number of thiophene rings is 1. The number of carbonyl (C=O) groups excluding carboxylic acids is 1. The minimum Gasteiger partial charge on any atom is -0.365 e. The third-order valence-corrected chi connectivity index (χ3v) is 8.23. The third-order valence-electron chi connectivity index (χ3n) is 7.27. The van der Waals surface area contributed by atoms with Gasteiger partial charge in [0.2, 0.25) is 0 Å². The number of rotatable bonds is 5. The summed E-state index contributed by atoms with van der Waals surface area (Å²) in [5, 5.41) is 5.73. The Morgan fingerprint density at radius 1 is 0.879 bits per heavy atom. The second kappa shape index (κ2) is 8.77. The van der Waals surface area contributed by atoms with Crippen molar-refractivity contribution in [3.05, 3.63) is 89.8 Å². The SMILES string of the molecule is O=C(CCN1C[C@@H]2CC=CC[C@H]1CN2c1ccc2ccccc2c1)c1csc2ccccc12. The Balaban J connectivity index is 1.19. The van der Waals surface area contributed by atoms with Crippen molar-refractivity contribution in [3.63, 3.8) is 0 Å². The molecule has 3 nitrogen and oxygen atoms in total. The standard InChI is InChI=1S/C29H28N2OS/c32-28(27-20-33-29-12-6-5-11-26(27)29)15-16-30-18-25-10-4-3-9-24(30)19-31(25)23-14-13-21-7-1-2-8-22(21)17-23/h1-8,11-14,17,20,24-25H,9-10,15-16,18-19H2/t24-,25-/m0/s1. The summed E-state index contributed by atoms with van der Waals surface area (Å²) in [5.74, 6) is 0.271. The van der Waals surface area contributed by atoms with Gasteiger partial charge in [-0.05, 0) is 41.8 Å². The van der Waals surface area contributed by atoms with Crippen LogP contribution in [0.3, 0.4) is 0 Å². The van der Waals surface area contributed by atoms with Crippen molar-refractivity contribution in [2.75, 3.05) is 24.5 Å². The van der Waals surface area contributed by atoms with Crippen LogP contribution in [0.2, 0.25) is 0 Å². The summed E-state index contributed by atoms with van der Waals surface area (Å²) in [4.78, 5) is 18.3. The maximum absolute atomic E-state index is 13.1. The zero-order valence-electron chi connectivity index (χ0n) is 18.7. The summed E-state index contributed by atoms with van der Waals surface area (Å²) in [6, 6.07) is 24.6. The van der Waals surface area contributed by atoms with Crippen LogP contribution in [0, 0.1) is 0 Å². The van der Waals surface area contributed by atoms with Gasteiger partial charge in [-0.3, -0.25) is 9.69 Å². The van der Waals surface area contributed by atoms with Gasteiger partial charge in [-0.2, -0.15) is 0 Å². The van der Waals surface area contributed by atoms with E-state index in [4.69, 9.17) is 0 Å². The summed E-state index contributed by atoms with van der Waals surface area (Å²) in [5.41, 5.74) is 2.21. The van der Waals surface area contributed by atoms with Gasteiger partial charge in [-0.1, -0.05) is 60.7 Å². The van der Waals surface area contributed by atoms with Gasteiger partial charge >= 0.3 is 0 Å². The molecular weight excluding hydrogens is 424 g/mol. The van der Waals surface area contributed by atoms with Crippen molar-refractivity contribution in [3.8, 4) is 0 Å². The number of anilines is 1. The molecular formula is C29H28N2OS. The summed E-state index contributed by atoms with van der Waals surface area (Å²) in [6.07, 6.45) is 7.38. The summed E-state index contributed by atoms with van der Waals surface area (Å²) < 4.78 is 1.20. The van der Waals surface area contributed by atoms with Gasteiger partial charge in [-0.25, -0.2) is 0 Å². The first-order valence-electron chi connectivity index (χ1n) is 11.9. The van der Waals surface area contributed by atoms with Crippen LogP contribution in [0.25, 0.3) is 20.9 Å². The van der Waals surface area contributed by atoms with E-state index < -0.39 is 0 Å². The van der Waals surface area contributed by atoms with Gasteiger partial charge in [0.1, 0.15) is 0 Å². The number of Topliss-reactive ketones (excluding diaryl/α,β-unsaturated/α-hetero) is 1. The fourth-order valence-corrected chi connectivity index (χ4v) is 6.43. The van der Waals surface area contributed by atoms with Crippen molar-refractivity contribution in [2.45, 2.75) is 31.3 Å². The Morgan fingerprint density at radius 2 is 1.67 bits per heavy atom. The molecule has 0 N–H and O–H groups in total. The zero-order chi connectivity index (χ0) is 22.2. The van der Waals surface area contributed by atoms with E-state index in [0.717, 1.165) is 43.4 Å². The fourth-order valence-electron chi connectivity index (χ4n) is 5.46. The molecule has 33 heavy (non-hydrogen) atoms. The summed E-state index contributed by atoms with van der Waals surface area (Å²) >= 11 is 1.67. The monoisotopic (exact) mass is 452 g/mol. The molecule has 166 valence electrons. The van der Waals surface area contributed by atoms with E-state index >= 15 is 0 Å². The maximum atomic E-state index is 13.1. The number of piperazine rings is 1. The van der Waals surface area contributed by atoms with Crippen LogP contribution in [-0.4, -0.2) is 42.4 Å². The van der Waals surface area contributed by atoms with E-state index in [1.165, 1.54) is 21.2 Å². The highest BCUT2D eigenvalue weighted by Gasteiger charge is 2.34. The minimum atomic E-state index is 0.271.